The highest BCUT2D eigenvalue weighted by atomic mass is 35.5. The molecule has 131 heavy (non-hydrogen) atoms. The molecule has 0 aliphatic rings. The number of nitrogens with zero attached hydrogens (tertiary/aromatic N) is 19. The van der Waals surface area contributed by atoms with Gasteiger partial charge in [0.25, 0.3) is 0 Å². The number of hydrazone groups is 3. The Bertz CT molecular complexity index is 5950. The van der Waals surface area contributed by atoms with Crippen LogP contribution in [0.5, 0.6) is 17.2 Å². The summed E-state index contributed by atoms with van der Waals surface area (Å²) in [4.78, 5) is 0. The van der Waals surface area contributed by atoms with Crippen molar-refractivity contribution in [3.8, 4) is 17.2 Å². The van der Waals surface area contributed by atoms with Crippen LogP contribution in [-0.4, -0.2) is 68.4 Å². The molecule has 5 N–H and O–H groups in total. The van der Waals surface area contributed by atoms with Gasteiger partial charge in [0.05, 0.1) is 88.3 Å². The molecule has 0 amide bonds. The van der Waals surface area contributed by atoms with E-state index in [0.717, 1.165) is 95.4 Å². The predicted octanol–water partition coefficient (Wildman–Crippen LogP) is 21.6. The van der Waals surface area contributed by atoms with Gasteiger partial charge in [-0.2, -0.15) is 25.1 Å². The Morgan fingerprint density at radius 3 is 1.18 bits per heavy atom. The molecule has 0 unspecified atom stereocenters. The van der Waals surface area contributed by atoms with Crippen LogP contribution in [-0.2, 0) is 63.4 Å². The van der Waals surface area contributed by atoms with Gasteiger partial charge in [-0.25, -0.2) is 32.0 Å². The lowest BCUT2D eigenvalue weighted by molar-refractivity contribution is -0.748. The molecule has 0 aliphatic carbocycles. The van der Waals surface area contributed by atoms with Gasteiger partial charge in [-0.3, -0.25) is 15.0 Å². The third-order valence-electron chi connectivity index (χ3n) is 18.7. The van der Waals surface area contributed by atoms with Crippen molar-refractivity contribution in [2.24, 2.45) is 99.2 Å². The standard InChI is InChI=1S/C15H13ClN4O.C15H18N3O.C14H15ClN3.C14H16N3.2C14H14N2.C12H15N4O.7CH4/c1-19-9-10-3-8-13(21)14(15(10)20(19)2)18-17-12-6-4-11(16)5-7-12;1-17-10-8-13(9-11-17)12-16-18(2)14-4-6-15(19-3)7-5-14;1-17-10-4-3-5-14(17)11-16-18(2)13-8-6-12(15)7-9-13;1-16-10-8-13(9-11-16)12-15-17(2)14-6-4-3-5-7-14;1-16-10-8-13(9-11-16)3-2-12-4-6-14(15)7-5-12;1-16-11-3-2-4-14(16)10-7-12-5-8-13(15)9-6-12;1-15-8-9-16(2)12(15)14-13-10-4-6-11(17-3)7-5-10;;;;;;;/h3-9H,1-2H3;4-12H,1-3H3;3-11H,1-2H3;3-12H,1-2H3;2*2-11,15H,1H3;4-9H,1-3H3;7*1H4/q;3*+1;;;+1;;;;;;;/p+3. The van der Waals surface area contributed by atoms with Crippen molar-refractivity contribution >= 4 is 129 Å². The molecule has 0 spiro atoms. The Hall–Kier alpha value is -15.1. The number of aryl methyl sites for hydroxylation is 9. The van der Waals surface area contributed by atoms with Gasteiger partial charge < -0.3 is 26.0 Å². The van der Waals surface area contributed by atoms with Crippen LogP contribution in [0.15, 0.2) is 365 Å². The maximum Gasteiger partial charge on any atom is 0.421 e. The summed E-state index contributed by atoms with van der Waals surface area (Å²) in [6.45, 7) is 0. The number of hydrogen-bond donors (Lipinski definition) is 3. The number of nitrogen functional groups attached to an aromatic ring is 2. The highest BCUT2D eigenvalue weighted by Gasteiger charge is 2.17. The largest absolute Gasteiger partial charge is 0.506 e. The zero-order valence-corrected chi connectivity index (χ0v) is 73.9. The Kier molecular flexibility index (Phi) is 49.8. The molecule has 0 saturated carbocycles. The zero-order chi connectivity index (χ0) is 88.7. The van der Waals surface area contributed by atoms with Gasteiger partial charge in [0.2, 0.25) is 17.6 Å². The highest BCUT2D eigenvalue weighted by molar-refractivity contribution is 6.31. The molecule has 15 aromatic rings. The molecular weight excluding hydrogens is 1670 g/mol. The number of benzene rings is 8. The molecule has 7 heterocycles. The quantitative estimate of drug-likeness (QED) is 0.0232. The minimum atomic E-state index is 0. The van der Waals surface area contributed by atoms with Crippen molar-refractivity contribution in [2.75, 3.05) is 61.9 Å². The maximum absolute atomic E-state index is 10.1. The van der Waals surface area contributed by atoms with Crippen LogP contribution < -0.4 is 68.1 Å². The summed E-state index contributed by atoms with van der Waals surface area (Å²) < 4.78 is 28.0. The topological polar surface area (TPSA) is 224 Å². The van der Waals surface area contributed by atoms with Crippen LogP contribution >= 0.6 is 23.2 Å². The summed E-state index contributed by atoms with van der Waals surface area (Å²) in [7, 11) is 26.8. The number of fused-ring (bicyclic) bond motifs is 1. The number of halogens is 2. The molecule has 8 aromatic carbocycles. The molecule has 0 aliphatic heterocycles. The Balaban J connectivity index is 0.000000514. The summed E-state index contributed by atoms with van der Waals surface area (Å²) in [6, 6.07) is 83.4. The third-order valence-corrected chi connectivity index (χ3v) is 19.2. The van der Waals surface area contributed by atoms with Crippen LogP contribution in [0.25, 0.3) is 35.2 Å². The summed E-state index contributed by atoms with van der Waals surface area (Å²) in [5.74, 6) is 2.55. The number of aromatic hydroxyl groups is 1. The normalized spacial score (nSPS) is 10.4. The van der Waals surface area contributed by atoms with E-state index in [2.05, 4.69) is 82.8 Å². The number of ether oxygens (including phenoxy) is 2. The molecule has 0 atom stereocenters. The van der Waals surface area contributed by atoms with Crippen LogP contribution in [0.2, 0.25) is 10.0 Å². The first-order valence-corrected chi connectivity index (χ1v) is 40.1. The number of anilines is 5. The second-order valence-corrected chi connectivity index (χ2v) is 29.0. The van der Waals surface area contributed by atoms with Crippen LogP contribution in [0, 0.1) is 0 Å². The number of phenols is 1. The van der Waals surface area contributed by atoms with E-state index in [-0.39, 0.29) is 57.7 Å². The number of pyridine rings is 5. The molecule has 26 heteroatoms. The molecule has 0 bridgehead atoms. The highest BCUT2D eigenvalue weighted by Crippen LogP contribution is 2.36. The molecule has 0 saturated heterocycles. The predicted molar refractivity (Wildman–Crippen MR) is 549 cm³/mol. The van der Waals surface area contributed by atoms with Gasteiger partial charge in [-0.15, -0.1) is 9.80 Å². The average molecular weight is 1810 g/mol. The van der Waals surface area contributed by atoms with E-state index in [4.69, 9.17) is 44.1 Å². The molecule has 15 rings (SSSR count). The zero-order valence-electron chi connectivity index (χ0n) is 72.4. The fourth-order valence-electron chi connectivity index (χ4n) is 11.2. The van der Waals surface area contributed by atoms with Crippen molar-refractivity contribution in [1.29, 1.82) is 0 Å². The molecule has 686 valence electrons. The number of phenolic OH excluding ortho intramolecular Hbond substituents is 1. The summed E-state index contributed by atoms with van der Waals surface area (Å²) in [6.07, 6.45) is 35.8. The van der Waals surface area contributed by atoms with E-state index in [9.17, 15) is 5.11 Å². The Morgan fingerprint density at radius 2 is 0.740 bits per heavy atom. The smallest absolute Gasteiger partial charge is 0.421 e. The lowest BCUT2D eigenvalue weighted by Gasteiger charge is -2.12. The van der Waals surface area contributed by atoms with Crippen LogP contribution in [0.1, 0.15) is 91.2 Å². The van der Waals surface area contributed by atoms with Gasteiger partial charge in [0.15, 0.2) is 62.3 Å². The number of nitrogens with two attached hydrogens (primary N) is 2. The average Bonchev–Trinajstić information content (AvgIpc) is 1.64. The van der Waals surface area contributed by atoms with Gasteiger partial charge >= 0.3 is 5.95 Å². The number of hydrogen-bond acceptors (Lipinski definition) is 15. The van der Waals surface area contributed by atoms with E-state index < -0.39 is 0 Å². The van der Waals surface area contributed by atoms with E-state index >= 15 is 0 Å². The summed E-state index contributed by atoms with van der Waals surface area (Å²) >= 11 is 11.7. The van der Waals surface area contributed by atoms with E-state index in [1.165, 1.54) is 11.3 Å². The molecule has 0 radical (unpaired) electrons. The first-order chi connectivity index (χ1) is 59.9. The van der Waals surface area contributed by atoms with Crippen molar-refractivity contribution < 1.29 is 46.7 Å². The van der Waals surface area contributed by atoms with Gasteiger partial charge in [0, 0.05) is 126 Å². The number of methoxy groups -OCH3 is 2. The third kappa shape index (κ3) is 37.4. The monoisotopic (exact) mass is 1810 g/mol. The van der Waals surface area contributed by atoms with Crippen LogP contribution in [0.4, 0.5) is 51.4 Å². The number of rotatable bonds is 19. The molecular formula is C105H136Cl2N21O3+7. The first kappa shape index (κ1) is 112. The maximum atomic E-state index is 10.1. The van der Waals surface area contributed by atoms with Gasteiger partial charge in [0.1, 0.15) is 69.9 Å². The number of aromatic nitrogens is 9. The molecule has 7 aromatic heterocycles. The number of azo groups is 2. The van der Waals surface area contributed by atoms with E-state index in [0.29, 0.717) is 16.4 Å². The minimum Gasteiger partial charge on any atom is -0.506 e. The summed E-state index contributed by atoms with van der Waals surface area (Å²) in [5.41, 5.74) is 26.5. The Labute approximate surface area is 788 Å². The number of para-hydroxylation sites is 1. The second kappa shape index (κ2) is 58.3. The van der Waals surface area contributed by atoms with Crippen molar-refractivity contribution in [1.82, 2.24) is 9.25 Å². The lowest BCUT2D eigenvalue weighted by Crippen LogP contribution is -2.35. The SMILES string of the molecule is C.C.C.C.C.C.C.CN(N=Cc1cc[n+](C)cc1)c1ccccc1.CN(N=Cc1cccc[n+]1C)c1ccc(Cl)cc1.COc1ccc(N(C)/N=C/c2cc[n+](C)cc2)cc1.COc1ccc(N=Nc2n(C)cc[n+]2C)cc1.C[n+]1ccc(C=Cc2ccc(N)cc2)cc1.C[n+]1ccccc1C=Cc1ccc(N)cc1.Cn1c2c(N=Nc3ccc(Cl)cc3)c(O)ccc2c[n+]1C. The first-order valence-electron chi connectivity index (χ1n) is 39.4. The molecule has 0 fully saturated rings. The minimum absolute atomic E-state index is 0. The van der Waals surface area contributed by atoms with Crippen molar-refractivity contribution in [2.45, 2.75) is 52.0 Å². The fraction of sp³-hybridized carbons (Fsp3) is 0.200. The van der Waals surface area contributed by atoms with Crippen molar-refractivity contribution in [3.05, 3.63) is 378 Å². The molecule has 24 nitrogen and oxygen atoms in total. The summed E-state index contributed by atoms with van der Waals surface area (Å²) in [5, 5.41) is 47.9. The van der Waals surface area contributed by atoms with E-state index in [1.54, 1.807) is 44.6 Å². The number of imidazole rings is 1. The van der Waals surface area contributed by atoms with E-state index in [1.807, 2.05) is 435 Å². The fourth-order valence-corrected chi connectivity index (χ4v) is 11.5. The van der Waals surface area contributed by atoms with Gasteiger partial charge in [-0.05, 0) is 180 Å². The van der Waals surface area contributed by atoms with Gasteiger partial charge in [-0.1, -0.05) is 135 Å². The van der Waals surface area contributed by atoms with Crippen LogP contribution in [0.3, 0.4) is 0 Å². The Morgan fingerprint density at radius 1 is 0.366 bits per heavy atom. The second-order valence-electron chi connectivity index (χ2n) is 28.2. The van der Waals surface area contributed by atoms with Crippen molar-refractivity contribution in [3.63, 3.8) is 0 Å². The lowest BCUT2D eigenvalue weighted by atomic mass is 10.1.